The molecular weight excluding hydrogens is 568 g/mol. The van der Waals surface area contributed by atoms with Crippen molar-refractivity contribution in [1.82, 2.24) is 33.2 Å². The van der Waals surface area contributed by atoms with Crippen LogP contribution in [0.1, 0.15) is 32.6 Å². The van der Waals surface area contributed by atoms with Gasteiger partial charge in [-0.1, -0.05) is 18.5 Å². The Bertz CT molecular complexity index is 1620. The SMILES string of the molecule is CC1C[C@H]2CC[C@@H](C1)N2c1nc2c(nc1Br)c(-c1ccc3nn(C)cc3c1Cl)nn2S(=O)(=O)N(C)C. The van der Waals surface area contributed by atoms with Crippen LogP contribution in [-0.2, 0) is 17.3 Å². The van der Waals surface area contributed by atoms with Crippen molar-refractivity contribution >= 4 is 65.6 Å². The molecule has 0 amide bonds. The van der Waals surface area contributed by atoms with Crippen molar-refractivity contribution < 1.29 is 8.42 Å². The van der Waals surface area contributed by atoms with E-state index in [0.717, 1.165) is 45.0 Å². The van der Waals surface area contributed by atoms with E-state index in [-0.39, 0.29) is 5.65 Å². The van der Waals surface area contributed by atoms with Crippen molar-refractivity contribution in [3.05, 3.63) is 28.0 Å². The number of hydrogen-bond acceptors (Lipinski definition) is 7. The lowest BCUT2D eigenvalue weighted by Gasteiger charge is -2.38. The molecule has 4 aromatic rings. The van der Waals surface area contributed by atoms with E-state index in [1.165, 1.54) is 14.1 Å². The van der Waals surface area contributed by atoms with E-state index >= 15 is 0 Å². The highest BCUT2D eigenvalue weighted by Gasteiger charge is 2.41. The third-order valence-electron chi connectivity index (χ3n) is 7.30. The van der Waals surface area contributed by atoms with Gasteiger partial charge in [0.05, 0.1) is 10.5 Å². The second-order valence-electron chi connectivity index (χ2n) is 10.0. The predicted octanol–water partition coefficient (Wildman–Crippen LogP) is 4.22. The zero-order valence-corrected chi connectivity index (χ0v) is 23.5. The minimum absolute atomic E-state index is 0.178. The standard InChI is InChI=1S/C23H26BrClN8O2S/c1-12-9-13-5-6-14(10-12)32(13)23-21(24)26-20-19(29-33(22(20)27-23)36(34,35)30(2)3)15-7-8-17-16(18(15)25)11-31(4)28-17/h7-8,11-14H,5-6,9-10H2,1-4H3/t12?,13-,14+. The molecule has 0 N–H and O–H groups in total. The Morgan fingerprint density at radius 3 is 2.47 bits per heavy atom. The van der Waals surface area contributed by atoms with Gasteiger partial charge in [-0.3, -0.25) is 4.68 Å². The smallest absolute Gasteiger partial charge is 0.324 e. The van der Waals surface area contributed by atoms with Crippen molar-refractivity contribution in [3.63, 3.8) is 0 Å². The first kappa shape index (κ1) is 24.1. The van der Waals surface area contributed by atoms with Crippen LogP contribution < -0.4 is 4.90 Å². The molecule has 3 aromatic heterocycles. The molecular formula is C23H26BrClN8O2S. The molecule has 2 saturated heterocycles. The van der Waals surface area contributed by atoms with Crippen LogP contribution in [0.15, 0.2) is 22.9 Å². The summed E-state index contributed by atoms with van der Waals surface area (Å²) < 4.78 is 31.0. The van der Waals surface area contributed by atoms with Gasteiger partial charge in [-0.25, -0.2) is 9.97 Å². The van der Waals surface area contributed by atoms with Crippen molar-refractivity contribution in [2.45, 2.75) is 44.7 Å². The molecule has 0 radical (unpaired) electrons. The zero-order chi connectivity index (χ0) is 25.5. The van der Waals surface area contributed by atoms with Gasteiger partial charge in [0.2, 0.25) is 0 Å². The molecule has 10 nitrogen and oxygen atoms in total. The van der Waals surface area contributed by atoms with Gasteiger partial charge in [-0.05, 0) is 59.7 Å². The van der Waals surface area contributed by atoms with Crippen LogP contribution in [-0.4, -0.2) is 67.8 Å². The van der Waals surface area contributed by atoms with E-state index in [2.05, 4.69) is 38.0 Å². The third-order valence-corrected chi connectivity index (χ3v) is 9.85. The minimum atomic E-state index is -3.98. The molecule has 0 spiro atoms. The summed E-state index contributed by atoms with van der Waals surface area (Å²) >= 11 is 10.4. The van der Waals surface area contributed by atoms with Crippen molar-refractivity contribution in [3.8, 4) is 11.3 Å². The quantitative estimate of drug-likeness (QED) is 0.349. The summed E-state index contributed by atoms with van der Waals surface area (Å²) in [5.74, 6) is 1.32. The Morgan fingerprint density at radius 2 is 1.81 bits per heavy atom. The van der Waals surface area contributed by atoms with Gasteiger partial charge in [0.15, 0.2) is 11.5 Å². The highest BCUT2D eigenvalue weighted by atomic mass is 79.9. The zero-order valence-electron chi connectivity index (χ0n) is 20.4. The van der Waals surface area contributed by atoms with Gasteiger partial charge >= 0.3 is 10.2 Å². The fraction of sp³-hybridized carbons (Fsp3) is 0.478. The second kappa shape index (κ2) is 8.37. The summed E-state index contributed by atoms with van der Waals surface area (Å²) in [5.41, 5.74) is 2.19. The number of anilines is 1. The lowest BCUT2D eigenvalue weighted by Crippen LogP contribution is -2.43. The molecule has 1 unspecified atom stereocenters. The molecule has 13 heteroatoms. The van der Waals surface area contributed by atoms with Gasteiger partial charge in [-0.2, -0.15) is 22.9 Å². The van der Waals surface area contributed by atoms with Gasteiger partial charge < -0.3 is 4.90 Å². The Balaban J connectivity index is 1.60. The van der Waals surface area contributed by atoms with Crippen LogP contribution >= 0.6 is 27.5 Å². The van der Waals surface area contributed by atoms with E-state index in [1.807, 2.05) is 19.3 Å². The summed E-state index contributed by atoms with van der Waals surface area (Å²) in [6, 6.07) is 4.36. The Morgan fingerprint density at radius 1 is 1.11 bits per heavy atom. The second-order valence-corrected chi connectivity index (χ2v) is 13.1. The maximum Gasteiger partial charge on any atom is 0.324 e. The summed E-state index contributed by atoms with van der Waals surface area (Å²) in [6.07, 6.45) is 6.20. The molecule has 36 heavy (non-hydrogen) atoms. The Hall–Kier alpha value is -2.28. The van der Waals surface area contributed by atoms with Gasteiger partial charge in [0.25, 0.3) is 0 Å². The number of aryl methyl sites for hydroxylation is 1. The van der Waals surface area contributed by atoms with Crippen LogP contribution in [0.4, 0.5) is 5.82 Å². The average Bonchev–Trinajstić information content (AvgIpc) is 3.45. The highest BCUT2D eigenvalue weighted by Crippen LogP contribution is 2.44. The normalized spacial score (nSPS) is 22.4. The van der Waals surface area contributed by atoms with E-state index in [1.54, 1.807) is 10.7 Å². The number of rotatable bonds is 4. The molecule has 0 aliphatic carbocycles. The molecule has 2 aliphatic rings. The van der Waals surface area contributed by atoms with Gasteiger partial charge in [0.1, 0.15) is 15.8 Å². The van der Waals surface area contributed by atoms with E-state index in [0.29, 0.717) is 50.2 Å². The maximum atomic E-state index is 13.3. The number of nitrogens with zero attached hydrogens (tertiary/aromatic N) is 8. The summed E-state index contributed by atoms with van der Waals surface area (Å²) in [5, 5.41) is 10.1. The number of benzene rings is 1. The van der Waals surface area contributed by atoms with Crippen LogP contribution in [0.2, 0.25) is 5.02 Å². The summed E-state index contributed by atoms with van der Waals surface area (Å²) in [7, 11) is 0.780. The summed E-state index contributed by atoms with van der Waals surface area (Å²) in [4.78, 5) is 12.1. The molecule has 2 fully saturated rings. The monoisotopic (exact) mass is 592 g/mol. The number of aromatic nitrogens is 6. The van der Waals surface area contributed by atoms with Crippen LogP contribution in [0, 0.1) is 5.92 Å². The van der Waals surface area contributed by atoms with Crippen LogP contribution in [0.25, 0.3) is 33.3 Å². The number of fused-ring (bicyclic) bond motifs is 4. The lowest BCUT2D eigenvalue weighted by atomic mass is 9.92. The summed E-state index contributed by atoms with van der Waals surface area (Å²) in [6.45, 7) is 2.29. The number of halogens is 2. The fourth-order valence-corrected chi connectivity index (χ4v) is 7.30. The molecule has 6 rings (SSSR count). The van der Waals surface area contributed by atoms with Crippen LogP contribution in [0.3, 0.4) is 0 Å². The molecule has 5 heterocycles. The Labute approximate surface area is 222 Å². The molecule has 2 bridgehead atoms. The first-order valence-corrected chi connectivity index (χ1v) is 14.4. The van der Waals surface area contributed by atoms with Crippen molar-refractivity contribution in [2.24, 2.45) is 13.0 Å². The fourth-order valence-electron chi connectivity index (χ4n) is 5.69. The minimum Gasteiger partial charge on any atom is -0.348 e. The third kappa shape index (κ3) is 3.56. The molecule has 0 saturated carbocycles. The van der Waals surface area contributed by atoms with Crippen LogP contribution in [0.5, 0.6) is 0 Å². The van der Waals surface area contributed by atoms with Crippen molar-refractivity contribution in [2.75, 3.05) is 19.0 Å². The average molecular weight is 594 g/mol. The van der Waals surface area contributed by atoms with E-state index in [4.69, 9.17) is 21.6 Å². The first-order chi connectivity index (χ1) is 17.1. The Kier molecular flexibility index (Phi) is 5.60. The molecule has 2 aliphatic heterocycles. The van der Waals surface area contributed by atoms with Gasteiger partial charge in [-0.15, -0.1) is 4.09 Å². The largest absolute Gasteiger partial charge is 0.348 e. The number of hydrogen-bond donors (Lipinski definition) is 0. The maximum absolute atomic E-state index is 13.3. The predicted molar refractivity (Wildman–Crippen MR) is 143 cm³/mol. The topological polar surface area (TPSA) is 102 Å². The molecule has 190 valence electrons. The first-order valence-electron chi connectivity index (χ1n) is 11.9. The molecule has 3 atom stereocenters. The number of piperidine rings is 1. The lowest BCUT2D eigenvalue weighted by molar-refractivity contribution is 0.361. The molecule has 1 aromatic carbocycles. The van der Waals surface area contributed by atoms with E-state index < -0.39 is 10.2 Å². The highest BCUT2D eigenvalue weighted by molar-refractivity contribution is 9.10. The van der Waals surface area contributed by atoms with Crippen molar-refractivity contribution in [1.29, 1.82) is 0 Å². The van der Waals surface area contributed by atoms with Gasteiger partial charge in [0, 0.05) is 50.4 Å². The van der Waals surface area contributed by atoms with E-state index in [9.17, 15) is 8.42 Å².